The molecule has 3 nitrogen and oxygen atoms in total. The van der Waals surface area contributed by atoms with Crippen LogP contribution < -0.4 is 5.32 Å². The van der Waals surface area contributed by atoms with Gasteiger partial charge < -0.3 is 10.2 Å². The molecule has 1 amide bonds. The van der Waals surface area contributed by atoms with Gasteiger partial charge in [-0.1, -0.05) is 26.0 Å². The highest BCUT2D eigenvalue weighted by molar-refractivity contribution is 5.76. The smallest absolute Gasteiger partial charge is 0.223 e. The Hall–Kier alpha value is -1.09. The Morgan fingerprint density at radius 2 is 1.88 bits per heavy atom. The molecular formula is C13H24N2O. The summed E-state index contributed by atoms with van der Waals surface area (Å²) in [5, 5.41) is 3.29. The molecule has 0 saturated heterocycles. The number of hydrogen-bond donors (Lipinski definition) is 1. The van der Waals surface area contributed by atoms with Crippen LogP contribution in [0.15, 0.2) is 25.3 Å². The third-order valence-corrected chi connectivity index (χ3v) is 2.17. The molecule has 92 valence electrons. The highest BCUT2D eigenvalue weighted by Crippen LogP contribution is 1.98. The van der Waals surface area contributed by atoms with Crippen molar-refractivity contribution in [3.8, 4) is 0 Å². The van der Waals surface area contributed by atoms with E-state index < -0.39 is 0 Å². The number of nitrogens with one attached hydrogen (secondary N) is 1. The molecule has 0 spiro atoms. The SMILES string of the molecule is C=CCN(CC=C)C(=O)CCCNC(C)C. The lowest BCUT2D eigenvalue weighted by Gasteiger charge is -2.19. The number of rotatable bonds is 9. The van der Waals surface area contributed by atoms with Crippen LogP contribution in [0.25, 0.3) is 0 Å². The van der Waals surface area contributed by atoms with E-state index in [9.17, 15) is 4.79 Å². The van der Waals surface area contributed by atoms with E-state index >= 15 is 0 Å². The van der Waals surface area contributed by atoms with Crippen LogP contribution in [0.3, 0.4) is 0 Å². The highest BCUT2D eigenvalue weighted by atomic mass is 16.2. The number of nitrogens with zero attached hydrogens (tertiary/aromatic N) is 1. The predicted molar refractivity (Wildman–Crippen MR) is 69.3 cm³/mol. The molecule has 0 aromatic carbocycles. The van der Waals surface area contributed by atoms with Crippen molar-refractivity contribution in [1.82, 2.24) is 10.2 Å². The summed E-state index contributed by atoms with van der Waals surface area (Å²) in [7, 11) is 0. The maximum absolute atomic E-state index is 11.8. The molecule has 0 atom stereocenters. The van der Waals surface area contributed by atoms with Crippen molar-refractivity contribution in [1.29, 1.82) is 0 Å². The monoisotopic (exact) mass is 224 g/mol. The summed E-state index contributed by atoms with van der Waals surface area (Å²) >= 11 is 0. The predicted octanol–water partition coefficient (Wildman–Crippen LogP) is 1.97. The molecule has 16 heavy (non-hydrogen) atoms. The van der Waals surface area contributed by atoms with Gasteiger partial charge in [0.25, 0.3) is 0 Å². The molecule has 0 rings (SSSR count). The molecule has 1 N–H and O–H groups in total. The summed E-state index contributed by atoms with van der Waals surface area (Å²) in [6, 6.07) is 0.479. The van der Waals surface area contributed by atoms with Crippen molar-refractivity contribution in [2.75, 3.05) is 19.6 Å². The van der Waals surface area contributed by atoms with Gasteiger partial charge in [0.2, 0.25) is 5.91 Å². The Morgan fingerprint density at radius 1 is 1.31 bits per heavy atom. The lowest BCUT2D eigenvalue weighted by molar-refractivity contribution is -0.130. The van der Waals surface area contributed by atoms with Gasteiger partial charge >= 0.3 is 0 Å². The van der Waals surface area contributed by atoms with E-state index in [1.54, 1.807) is 17.1 Å². The van der Waals surface area contributed by atoms with E-state index in [0.717, 1.165) is 13.0 Å². The fraction of sp³-hybridized carbons (Fsp3) is 0.615. The number of carbonyl (C=O) groups excluding carboxylic acids is 1. The van der Waals surface area contributed by atoms with Crippen molar-refractivity contribution in [3.63, 3.8) is 0 Å². The Balaban J connectivity index is 3.81. The topological polar surface area (TPSA) is 32.3 Å². The first-order valence-corrected chi connectivity index (χ1v) is 5.84. The summed E-state index contributed by atoms with van der Waals surface area (Å²) in [5.41, 5.74) is 0. The van der Waals surface area contributed by atoms with Gasteiger partial charge in [0.1, 0.15) is 0 Å². The zero-order chi connectivity index (χ0) is 12.4. The first-order valence-electron chi connectivity index (χ1n) is 5.84. The van der Waals surface area contributed by atoms with Crippen molar-refractivity contribution in [2.24, 2.45) is 0 Å². The average molecular weight is 224 g/mol. The van der Waals surface area contributed by atoms with Crippen LogP contribution in [0.5, 0.6) is 0 Å². The van der Waals surface area contributed by atoms with E-state index in [1.165, 1.54) is 0 Å². The minimum absolute atomic E-state index is 0.172. The quantitative estimate of drug-likeness (QED) is 0.480. The Bertz CT molecular complexity index is 214. The molecule has 0 heterocycles. The summed E-state index contributed by atoms with van der Waals surface area (Å²) < 4.78 is 0. The lowest BCUT2D eigenvalue weighted by Crippen LogP contribution is -2.32. The van der Waals surface area contributed by atoms with Crippen molar-refractivity contribution in [3.05, 3.63) is 25.3 Å². The molecule has 0 aliphatic heterocycles. The molecular weight excluding hydrogens is 200 g/mol. The van der Waals surface area contributed by atoms with E-state index in [4.69, 9.17) is 0 Å². The summed E-state index contributed by atoms with van der Waals surface area (Å²) in [4.78, 5) is 13.5. The third kappa shape index (κ3) is 7.23. The average Bonchev–Trinajstić information content (AvgIpc) is 2.23. The maximum Gasteiger partial charge on any atom is 0.223 e. The van der Waals surface area contributed by atoms with Crippen LogP contribution in [0.2, 0.25) is 0 Å². The molecule has 0 fully saturated rings. The summed E-state index contributed by atoms with van der Waals surface area (Å²) in [6.07, 6.45) is 4.95. The van der Waals surface area contributed by atoms with Crippen LogP contribution in [-0.4, -0.2) is 36.5 Å². The Kier molecular flexibility index (Phi) is 8.53. The van der Waals surface area contributed by atoms with Crippen LogP contribution in [0, 0.1) is 0 Å². The maximum atomic E-state index is 11.8. The minimum atomic E-state index is 0.172. The molecule has 0 saturated carbocycles. The normalized spacial score (nSPS) is 10.2. The van der Waals surface area contributed by atoms with E-state index in [-0.39, 0.29) is 5.91 Å². The molecule has 0 bridgehead atoms. The molecule has 0 aromatic rings. The van der Waals surface area contributed by atoms with Gasteiger partial charge in [0.15, 0.2) is 0 Å². The van der Waals surface area contributed by atoms with Gasteiger partial charge in [-0.15, -0.1) is 13.2 Å². The lowest BCUT2D eigenvalue weighted by atomic mass is 10.2. The highest BCUT2D eigenvalue weighted by Gasteiger charge is 2.09. The molecule has 0 aliphatic carbocycles. The van der Waals surface area contributed by atoms with Crippen LogP contribution >= 0.6 is 0 Å². The summed E-state index contributed by atoms with van der Waals surface area (Å²) in [5.74, 6) is 0.172. The molecule has 0 aliphatic rings. The zero-order valence-corrected chi connectivity index (χ0v) is 10.5. The van der Waals surface area contributed by atoms with Crippen LogP contribution in [0.1, 0.15) is 26.7 Å². The van der Waals surface area contributed by atoms with Gasteiger partial charge in [0.05, 0.1) is 0 Å². The fourth-order valence-corrected chi connectivity index (χ4v) is 1.38. The first-order chi connectivity index (χ1) is 7.61. The third-order valence-electron chi connectivity index (χ3n) is 2.17. The van der Waals surface area contributed by atoms with Gasteiger partial charge in [-0.05, 0) is 13.0 Å². The zero-order valence-electron chi connectivity index (χ0n) is 10.5. The van der Waals surface area contributed by atoms with Crippen molar-refractivity contribution >= 4 is 5.91 Å². The molecule has 0 unspecified atom stereocenters. The Morgan fingerprint density at radius 3 is 2.31 bits per heavy atom. The van der Waals surface area contributed by atoms with E-state index in [1.807, 2.05) is 0 Å². The van der Waals surface area contributed by atoms with Gasteiger partial charge in [-0.2, -0.15) is 0 Å². The van der Waals surface area contributed by atoms with Crippen molar-refractivity contribution in [2.45, 2.75) is 32.7 Å². The molecule has 0 radical (unpaired) electrons. The summed E-state index contributed by atoms with van der Waals surface area (Å²) in [6.45, 7) is 13.6. The minimum Gasteiger partial charge on any atom is -0.335 e. The van der Waals surface area contributed by atoms with E-state index in [2.05, 4.69) is 32.3 Å². The first kappa shape index (κ1) is 14.9. The second-order valence-corrected chi connectivity index (χ2v) is 4.09. The van der Waals surface area contributed by atoms with Crippen LogP contribution in [0.4, 0.5) is 0 Å². The van der Waals surface area contributed by atoms with Crippen LogP contribution in [-0.2, 0) is 4.79 Å². The van der Waals surface area contributed by atoms with Gasteiger partial charge in [-0.3, -0.25) is 4.79 Å². The second-order valence-electron chi connectivity index (χ2n) is 4.09. The largest absolute Gasteiger partial charge is 0.335 e. The van der Waals surface area contributed by atoms with E-state index in [0.29, 0.717) is 25.6 Å². The fourth-order valence-electron chi connectivity index (χ4n) is 1.38. The number of hydrogen-bond acceptors (Lipinski definition) is 2. The van der Waals surface area contributed by atoms with Gasteiger partial charge in [0, 0.05) is 25.6 Å². The Labute approximate surface area is 99.2 Å². The number of carbonyl (C=O) groups is 1. The second kappa shape index (κ2) is 9.16. The molecule has 3 heteroatoms. The molecule has 0 aromatic heterocycles. The standard InChI is InChI=1S/C13H24N2O/c1-5-10-15(11-6-2)13(16)8-7-9-14-12(3)4/h5-6,12,14H,1-2,7-11H2,3-4H3. The van der Waals surface area contributed by atoms with Gasteiger partial charge in [-0.25, -0.2) is 0 Å². The number of amides is 1. The van der Waals surface area contributed by atoms with Crippen molar-refractivity contribution < 1.29 is 4.79 Å².